The first kappa shape index (κ1) is 40.3. The highest BCUT2D eigenvalue weighted by atomic mass is 31.2. The van der Waals surface area contributed by atoms with Crippen molar-refractivity contribution in [2.75, 3.05) is 19.8 Å². The Balaban J connectivity index is 0.000000649. The lowest BCUT2D eigenvalue weighted by molar-refractivity contribution is -0.328. The Morgan fingerprint density at radius 1 is 0.750 bits per heavy atom. The first-order chi connectivity index (χ1) is 19.7. The number of hydrogen-bond acceptors (Lipinski definition) is 21. The summed E-state index contributed by atoms with van der Waals surface area (Å²) in [5.41, 5.74) is 0. The van der Waals surface area contributed by atoms with Gasteiger partial charge in [-0.25, -0.2) is 14.4 Å². The van der Waals surface area contributed by atoms with E-state index >= 15 is 0 Å². The number of cyclic esters (lactones) is 3. The maximum Gasteiger partial charge on any atom is 0.383 e. The number of carbonyl (C=O) groups is 5. The molecule has 0 radical (unpaired) electrons. The van der Waals surface area contributed by atoms with Crippen LogP contribution < -0.4 is 9.79 Å². The van der Waals surface area contributed by atoms with Gasteiger partial charge < -0.3 is 84.7 Å². The largest absolute Gasteiger partial charge is 0.808 e. The van der Waals surface area contributed by atoms with Crippen molar-refractivity contribution in [3.63, 3.8) is 0 Å². The molecule has 22 nitrogen and oxygen atoms in total. The van der Waals surface area contributed by atoms with Crippen LogP contribution >= 0.6 is 7.60 Å². The summed E-state index contributed by atoms with van der Waals surface area (Å²) in [4.78, 5) is 75.5. The zero-order valence-electron chi connectivity index (χ0n) is 22.5. The van der Waals surface area contributed by atoms with Gasteiger partial charge in [0.25, 0.3) is 5.78 Å². The molecule has 3 aliphatic rings. The molecule has 11 N–H and O–H groups in total. The Morgan fingerprint density at radius 2 is 1.14 bits per heavy atom. The van der Waals surface area contributed by atoms with Crippen molar-refractivity contribution in [3.8, 4) is 0 Å². The third-order valence-corrected chi connectivity index (χ3v) is 6.79. The number of Topliss-reactive ketones (excluding diaryl/α,β-unsaturated/α-hetero) is 2. The number of ketones is 2. The van der Waals surface area contributed by atoms with Gasteiger partial charge in [-0.1, -0.05) is 0 Å². The monoisotopic (exact) mass is 664 g/mol. The van der Waals surface area contributed by atoms with E-state index in [0.29, 0.717) is 0 Å². The van der Waals surface area contributed by atoms with Crippen molar-refractivity contribution in [1.82, 2.24) is 0 Å². The quantitative estimate of drug-likeness (QED) is 0.0478. The Labute approximate surface area is 245 Å². The highest BCUT2D eigenvalue weighted by Gasteiger charge is 2.46. The standard InChI is InChI=1S/C9H15O9P.C6H8O6.C6H6O6.H2O/c1-9(2,19(14,15)16)18-7-5(12)6(4(11)3-10)17-8(7)13;2*7-1-2(8)5-3(9)4(10)6(11)12-5;/h4,6,10-12H,3H2,1-2H3,(H2,14,15,16);2,5,7-10H,1H2;2,5,7-8H,1H2;1H2/p-2/t4-,6-;2*2-,5-;/m111./s1. The summed E-state index contributed by atoms with van der Waals surface area (Å²) in [5, 5.41) is 77.6. The minimum Gasteiger partial charge on any atom is -0.808 e. The third kappa shape index (κ3) is 9.15. The molecule has 1 saturated heterocycles. The Morgan fingerprint density at radius 3 is 1.48 bits per heavy atom. The summed E-state index contributed by atoms with van der Waals surface area (Å²) in [7, 11) is -5.21. The van der Waals surface area contributed by atoms with E-state index in [-0.39, 0.29) is 5.48 Å². The third-order valence-electron chi connectivity index (χ3n) is 5.38. The molecule has 3 heterocycles. The van der Waals surface area contributed by atoms with Crippen molar-refractivity contribution in [1.29, 1.82) is 0 Å². The van der Waals surface area contributed by atoms with Crippen molar-refractivity contribution in [3.05, 3.63) is 23.0 Å². The molecule has 0 aromatic rings. The number of carbonyl (C=O) groups excluding carboxylic acids is 5. The molecular formula is C21H29O22P-2. The Hall–Kier alpha value is -3.70. The van der Waals surface area contributed by atoms with Crippen LogP contribution in [0, 0.1) is 0 Å². The fourth-order valence-corrected chi connectivity index (χ4v) is 3.04. The topological polar surface area (TPSA) is 399 Å². The van der Waals surface area contributed by atoms with Gasteiger partial charge >= 0.3 is 23.7 Å². The van der Waals surface area contributed by atoms with Crippen molar-refractivity contribution in [2.24, 2.45) is 0 Å². The molecule has 0 bridgehead atoms. The minimum atomic E-state index is -5.21. The molecule has 0 aromatic heterocycles. The van der Waals surface area contributed by atoms with Gasteiger partial charge in [0.1, 0.15) is 23.7 Å². The maximum absolute atomic E-state index is 11.4. The maximum atomic E-state index is 11.4. The fourth-order valence-electron chi connectivity index (χ4n) is 2.84. The lowest BCUT2D eigenvalue weighted by atomic mass is 10.1. The first-order valence-electron chi connectivity index (χ1n) is 11.5. The second-order valence-electron chi connectivity index (χ2n) is 8.92. The molecule has 252 valence electrons. The molecule has 23 heteroatoms. The average molecular weight is 664 g/mol. The van der Waals surface area contributed by atoms with E-state index in [9.17, 15) is 48.5 Å². The van der Waals surface area contributed by atoms with Crippen LogP contribution in [-0.4, -0.2) is 143 Å². The van der Waals surface area contributed by atoms with E-state index in [0.717, 1.165) is 13.8 Å². The van der Waals surface area contributed by atoms with Gasteiger partial charge in [-0.05, 0) is 21.4 Å². The van der Waals surface area contributed by atoms with E-state index in [1.54, 1.807) is 0 Å². The molecule has 0 spiro atoms. The van der Waals surface area contributed by atoms with E-state index in [1.807, 2.05) is 0 Å². The van der Waals surface area contributed by atoms with Crippen LogP contribution in [0.25, 0.3) is 0 Å². The molecule has 0 unspecified atom stereocenters. The van der Waals surface area contributed by atoms with Gasteiger partial charge in [0, 0.05) is 0 Å². The smallest absolute Gasteiger partial charge is 0.383 e. The number of aliphatic hydroxyl groups excluding tert-OH is 9. The van der Waals surface area contributed by atoms with Crippen molar-refractivity contribution in [2.45, 2.75) is 55.8 Å². The summed E-state index contributed by atoms with van der Waals surface area (Å²) in [6.07, 6.45) is -9.00. The molecule has 0 amide bonds. The van der Waals surface area contributed by atoms with Crippen LogP contribution in [0.1, 0.15) is 13.8 Å². The minimum absolute atomic E-state index is 0. The van der Waals surface area contributed by atoms with Crippen LogP contribution in [0.15, 0.2) is 23.0 Å². The molecule has 44 heavy (non-hydrogen) atoms. The Bertz CT molecular complexity index is 1200. The molecule has 1 fully saturated rings. The predicted molar refractivity (Wildman–Crippen MR) is 127 cm³/mol. The Kier molecular flexibility index (Phi) is 14.5. The average Bonchev–Trinajstić information content (AvgIpc) is 3.48. The highest BCUT2D eigenvalue weighted by Crippen LogP contribution is 2.45. The number of aliphatic hydroxyl groups is 9. The lowest BCUT2D eigenvalue weighted by Gasteiger charge is -2.44. The molecule has 0 aliphatic carbocycles. The summed E-state index contributed by atoms with van der Waals surface area (Å²) in [6.45, 7) is -0.416. The molecular weight excluding hydrogens is 635 g/mol. The van der Waals surface area contributed by atoms with Gasteiger partial charge in [-0.15, -0.1) is 0 Å². The molecule has 3 rings (SSSR count). The normalized spacial score (nSPS) is 23.8. The SMILES string of the molecule is CC(C)(OC1=C(O)[C@@H]([C@H](O)CO)OC1=O)P(=O)([O-])[O-].O.O=C1O[C@H]([C@H](O)CO)C(=O)C1=O.O=C1O[C@H]([C@H](O)CO)C(O)=C1O. The summed E-state index contributed by atoms with van der Waals surface area (Å²) in [5.74, 6) is -9.45. The van der Waals surface area contributed by atoms with Gasteiger partial charge in [-0.2, -0.15) is 0 Å². The lowest BCUT2D eigenvalue weighted by Crippen LogP contribution is -2.37. The second-order valence-corrected chi connectivity index (χ2v) is 11.0. The van der Waals surface area contributed by atoms with Crippen LogP contribution in [0.2, 0.25) is 0 Å². The van der Waals surface area contributed by atoms with Crippen LogP contribution in [0.4, 0.5) is 0 Å². The van der Waals surface area contributed by atoms with E-state index < -0.39 is 122 Å². The van der Waals surface area contributed by atoms with Crippen LogP contribution in [-0.2, 0) is 47.5 Å². The van der Waals surface area contributed by atoms with E-state index in [2.05, 4.69) is 18.9 Å². The fraction of sp³-hybridized carbons (Fsp3) is 0.571. The molecule has 0 saturated carbocycles. The van der Waals surface area contributed by atoms with Gasteiger partial charge in [0.15, 0.2) is 29.8 Å². The summed E-state index contributed by atoms with van der Waals surface area (Å²) >= 11 is 0. The van der Waals surface area contributed by atoms with Crippen LogP contribution in [0.3, 0.4) is 0 Å². The number of esters is 3. The van der Waals surface area contributed by atoms with Gasteiger partial charge in [0.2, 0.25) is 11.5 Å². The second kappa shape index (κ2) is 15.9. The molecule has 3 aliphatic heterocycles. The number of ether oxygens (including phenoxy) is 4. The zero-order chi connectivity index (χ0) is 33.6. The first-order valence-corrected chi connectivity index (χ1v) is 13.0. The predicted octanol–water partition coefficient (Wildman–Crippen LogP) is -7.13. The summed E-state index contributed by atoms with van der Waals surface area (Å²) < 4.78 is 28.6. The summed E-state index contributed by atoms with van der Waals surface area (Å²) in [6, 6.07) is 0. The number of hydrogen-bond donors (Lipinski definition) is 9. The van der Waals surface area contributed by atoms with Gasteiger partial charge in [0.05, 0.1) is 19.8 Å². The highest BCUT2D eigenvalue weighted by molar-refractivity contribution is 7.50. The molecule has 6 atom stereocenters. The van der Waals surface area contributed by atoms with Crippen LogP contribution in [0.5, 0.6) is 0 Å². The van der Waals surface area contributed by atoms with Crippen molar-refractivity contribution < 1.29 is 109 Å². The van der Waals surface area contributed by atoms with Gasteiger partial charge in [-0.3, -0.25) is 9.59 Å². The number of rotatable bonds is 9. The van der Waals surface area contributed by atoms with E-state index in [1.165, 1.54) is 0 Å². The van der Waals surface area contributed by atoms with E-state index in [4.69, 9.17) is 35.7 Å². The molecule has 0 aromatic carbocycles. The zero-order valence-corrected chi connectivity index (χ0v) is 23.4. The van der Waals surface area contributed by atoms with Crippen molar-refractivity contribution >= 4 is 37.1 Å².